The van der Waals surface area contributed by atoms with Gasteiger partial charge in [0.05, 0.1) is 17.3 Å². The Morgan fingerprint density at radius 1 is 1.32 bits per heavy atom. The van der Waals surface area contributed by atoms with Crippen LogP contribution in [0.1, 0.15) is 5.56 Å². The lowest BCUT2D eigenvalue weighted by Gasteiger charge is -2.07. The molecular weight excluding hydrogens is 286 g/mol. The van der Waals surface area contributed by atoms with Crippen molar-refractivity contribution < 1.29 is 8.42 Å². The molecule has 1 aromatic heterocycles. The SMILES string of the molecule is NC(=S)c1cccc(S(=O)(=O)Nc2nccnn2)c1. The van der Waals surface area contributed by atoms with Crippen LogP contribution in [0.15, 0.2) is 41.6 Å². The second kappa shape index (κ2) is 5.24. The normalized spacial score (nSPS) is 10.9. The van der Waals surface area contributed by atoms with Gasteiger partial charge in [-0.05, 0) is 12.1 Å². The maximum Gasteiger partial charge on any atom is 0.264 e. The zero-order chi connectivity index (χ0) is 13.9. The van der Waals surface area contributed by atoms with Crippen molar-refractivity contribution in [1.82, 2.24) is 15.2 Å². The predicted molar refractivity (Wildman–Crippen MR) is 73.0 cm³/mol. The first-order valence-electron chi connectivity index (χ1n) is 5.05. The highest BCUT2D eigenvalue weighted by Gasteiger charge is 2.16. The highest BCUT2D eigenvalue weighted by Crippen LogP contribution is 2.14. The van der Waals surface area contributed by atoms with Gasteiger partial charge < -0.3 is 5.73 Å². The number of nitrogens with one attached hydrogen (secondary N) is 1. The van der Waals surface area contributed by atoms with Gasteiger partial charge in [0, 0.05) is 5.56 Å². The molecule has 0 saturated heterocycles. The van der Waals surface area contributed by atoms with Gasteiger partial charge in [0.15, 0.2) is 0 Å². The van der Waals surface area contributed by atoms with Crippen LogP contribution in [0.25, 0.3) is 0 Å². The number of nitrogens with zero attached hydrogens (tertiary/aromatic N) is 3. The van der Waals surface area contributed by atoms with Crippen molar-refractivity contribution in [2.75, 3.05) is 4.72 Å². The van der Waals surface area contributed by atoms with E-state index < -0.39 is 10.0 Å². The number of anilines is 1. The molecule has 7 nitrogen and oxygen atoms in total. The van der Waals surface area contributed by atoms with Crippen LogP contribution in [-0.4, -0.2) is 28.6 Å². The fraction of sp³-hybridized carbons (Fsp3) is 0. The van der Waals surface area contributed by atoms with E-state index in [1.807, 2.05) is 0 Å². The molecule has 0 amide bonds. The lowest BCUT2D eigenvalue weighted by molar-refractivity contribution is 0.600. The van der Waals surface area contributed by atoms with Gasteiger partial charge in [-0.25, -0.2) is 18.1 Å². The first-order valence-corrected chi connectivity index (χ1v) is 6.94. The van der Waals surface area contributed by atoms with Gasteiger partial charge in [-0.3, -0.25) is 0 Å². The summed E-state index contributed by atoms with van der Waals surface area (Å²) in [5.41, 5.74) is 5.92. The summed E-state index contributed by atoms with van der Waals surface area (Å²) in [7, 11) is -3.80. The molecule has 9 heteroatoms. The first kappa shape index (κ1) is 13.3. The van der Waals surface area contributed by atoms with Gasteiger partial charge in [-0.1, -0.05) is 24.4 Å². The molecule has 0 saturated carbocycles. The maximum absolute atomic E-state index is 12.1. The fourth-order valence-electron chi connectivity index (χ4n) is 1.29. The van der Waals surface area contributed by atoms with Crippen LogP contribution in [0, 0.1) is 0 Å². The predicted octanol–water partition coefficient (Wildman–Crippen LogP) is 0.307. The average molecular weight is 295 g/mol. The van der Waals surface area contributed by atoms with Gasteiger partial charge >= 0.3 is 0 Å². The third kappa shape index (κ3) is 3.20. The number of sulfonamides is 1. The number of aromatic nitrogens is 3. The fourth-order valence-corrected chi connectivity index (χ4v) is 2.41. The highest BCUT2D eigenvalue weighted by molar-refractivity contribution is 7.92. The van der Waals surface area contributed by atoms with Gasteiger partial charge in [-0.15, -0.1) is 5.10 Å². The Morgan fingerprint density at radius 3 is 2.74 bits per heavy atom. The Balaban J connectivity index is 2.35. The van der Waals surface area contributed by atoms with Crippen LogP contribution in [-0.2, 0) is 10.0 Å². The van der Waals surface area contributed by atoms with Crippen molar-refractivity contribution in [1.29, 1.82) is 0 Å². The molecule has 0 spiro atoms. The molecule has 2 rings (SSSR count). The molecule has 19 heavy (non-hydrogen) atoms. The third-order valence-corrected chi connectivity index (χ3v) is 3.70. The van der Waals surface area contributed by atoms with Crippen molar-refractivity contribution in [3.63, 3.8) is 0 Å². The molecule has 98 valence electrons. The van der Waals surface area contributed by atoms with Crippen molar-refractivity contribution >= 4 is 33.2 Å². The van der Waals surface area contributed by atoms with Crippen LogP contribution in [0.3, 0.4) is 0 Å². The quantitative estimate of drug-likeness (QED) is 0.781. The number of hydrogen-bond donors (Lipinski definition) is 2. The van der Waals surface area contributed by atoms with Crippen molar-refractivity contribution in [3.8, 4) is 0 Å². The smallest absolute Gasteiger partial charge is 0.264 e. The number of rotatable bonds is 4. The van der Waals surface area contributed by atoms with E-state index in [4.69, 9.17) is 18.0 Å². The van der Waals surface area contributed by atoms with Crippen molar-refractivity contribution in [2.45, 2.75) is 4.90 Å². The van der Waals surface area contributed by atoms with E-state index in [1.54, 1.807) is 12.1 Å². The van der Waals surface area contributed by atoms with Crippen LogP contribution in [0.2, 0.25) is 0 Å². The van der Waals surface area contributed by atoms with Crippen LogP contribution in [0.5, 0.6) is 0 Å². The highest BCUT2D eigenvalue weighted by atomic mass is 32.2. The summed E-state index contributed by atoms with van der Waals surface area (Å²) in [5.74, 6) is -0.108. The summed E-state index contributed by atoms with van der Waals surface area (Å²) >= 11 is 4.80. The van der Waals surface area contributed by atoms with Gasteiger partial charge in [-0.2, -0.15) is 5.10 Å². The summed E-state index contributed by atoms with van der Waals surface area (Å²) in [4.78, 5) is 3.87. The summed E-state index contributed by atoms with van der Waals surface area (Å²) in [6.07, 6.45) is 2.67. The van der Waals surface area contributed by atoms with E-state index >= 15 is 0 Å². The minimum Gasteiger partial charge on any atom is -0.389 e. The number of hydrogen-bond acceptors (Lipinski definition) is 6. The third-order valence-electron chi connectivity index (χ3n) is 2.14. The number of thiocarbonyl (C=S) groups is 1. The Bertz CT molecular complexity index is 703. The molecular formula is C10H9N5O2S2. The summed E-state index contributed by atoms with van der Waals surface area (Å²) < 4.78 is 26.4. The standard InChI is InChI=1S/C10H9N5O2S2/c11-9(18)7-2-1-3-8(6-7)19(16,17)15-10-12-4-5-13-14-10/h1-6H,(H2,11,18)(H,12,14,15). The largest absolute Gasteiger partial charge is 0.389 e. The van der Waals surface area contributed by atoms with Crippen molar-refractivity contribution in [2.24, 2.45) is 5.73 Å². The van der Waals surface area contributed by atoms with Crippen LogP contribution in [0.4, 0.5) is 5.95 Å². The minimum atomic E-state index is -3.80. The van der Waals surface area contributed by atoms with E-state index in [1.165, 1.54) is 24.5 Å². The molecule has 2 aromatic rings. The van der Waals surface area contributed by atoms with E-state index in [9.17, 15) is 8.42 Å². The molecule has 1 aromatic carbocycles. The lowest BCUT2D eigenvalue weighted by atomic mass is 10.2. The van der Waals surface area contributed by atoms with Gasteiger partial charge in [0.25, 0.3) is 16.0 Å². The minimum absolute atomic E-state index is 0.0188. The summed E-state index contributed by atoms with van der Waals surface area (Å²) in [6, 6.07) is 5.97. The zero-order valence-corrected chi connectivity index (χ0v) is 11.1. The molecule has 0 aliphatic rings. The monoisotopic (exact) mass is 295 g/mol. The maximum atomic E-state index is 12.1. The molecule has 0 aliphatic carbocycles. The molecule has 0 fully saturated rings. The van der Waals surface area contributed by atoms with E-state index in [-0.39, 0.29) is 15.8 Å². The van der Waals surface area contributed by atoms with E-state index in [0.29, 0.717) is 5.56 Å². The topological polar surface area (TPSA) is 111 Å². The van der Waals surface area contributed by atoms with Gasteiger partial charge in [0.1, 0.15) is 4.99 Å². The molecule has 0 unspecified atom stereocenters. The zero-order valence-electron chi connectivity index (χ0n) is 9.52. The summed E-state index contributed by atoms with van der Waals surface area (Å²) in [6.45, 7) is 0. The van der Waals surface area contributed by atoms with Crippen molar-refractivity contribution in [3.05, 3.63) is 42.2 Å². The second-order valence-electron chi connectivity index (χ2n) is 3.46. The molecule has 0 atom stereocenters. The Labute approximate surface area is 114 Å². The van der Waals surface area contributed by atoms with Crippen LogP contribution < -0.4 is 10.5 Å². The lowest BCUT2D eigenvalue weighted by Crippen LogP contribution is -2.16. The Kier molecular flexibility index (Phi) is 3.67. The Hall–Kier alpha value is -2.13. The molecule has 1 heterocycles. The van der Waals surface area contributed by atoms with E-state index in [0.717, 1.165) is 0 Å². The first-order chi connectivity index (χ1) is 8.99. The molecule has 0 bridgehead atoms. The average Bonchev–Trinajstić information content (AvgIpc) is 2.39. The molecule has 0 radical (unpaired) electrons. The van der Waals surface area contributed by atoms with E-state index in [2.05, 4.69) is 19.9 Å². The number of nitrogens with two attached hydrogens (primary N) is 1. The number of benzene rings is 1. The second-order valence-corrected chi connectivity index (χ2v) is 5.59. The van der Waals surface area contributed by atoms with Crippen LogP contribution >= 0.6 is 12.2 Å². The molecule has 3 N–H and O–H groups in total. The Morgan fingerprint density at radius 2 is 2.11 bits per heavy atom. The molecule has 0 aliphatic heterocycles. The summed E-state index contributed by atoms with van der Waals surface area (Å²) in [5, 5.41) is 7.07. The van der Waals surface area contributed by atoms with Gasteiger partial charge in [0.2, 0.25) is 0 Å².